The van der Waals surface area contributed by atoms with Gasteiger partial charge in [0.05, 0.1) is 0 Å². The van der Waals surface area contributed by atoms with Gasteiger partial charge in [0.2, 0.25) is 5.91 Å². The van der Waals surface area contributed by atoms with Crippen LogP contribution in [0.15, 0.2) is 36.5 Å². The molecule has 0 aliphatic heterocycles. The van der Waals surface area contributed by atoms with Gasteiger partial charge >= 0.3 is 0 Å². The smallest absolute Gasteiger partial charge is 0.224 e. The lowest BCUT2D eigenvalue weighted by Gasteiger charge is -2.06. The molecule has 1 rings (SSSR count). The third-order valence-corrected chi connectivity index (χ3v) is 2.43. The summed E-state index contributed by atoms with van der Waals surface area (Å²) in [4.78, 5) is 25.2. The Kier molecular flexibility index (Phi) is 5.79. The number of carbonyl (C=O) groups is 2. The zero-order chi connectivity index (χ0) is 14.3. The number of nitrogens with zero attached hydrogens (tertiary/aromatic N) is 1. The minimum atomic E-state index is -0.0831. The van der Waals surface area contributed by atoms with Crippen LogP contribution >= 0.6 is 0 Å². The summed E-state index contributed by atoms with van der Waals surface area (Å²) in [6.45, 7) is 1.95. The average molecular weight is 260 g/mol. The average Bonchev–Trinajstić information content (AvgIpc) is 2.36. The predicted molar refractivity (Wildman–Crippen MR) is 77.1 cm³/mol. The van der Waals surface area contributed by atoms with Gasteiger partial charge in [-0.05, 0) is 18.6 Å². The third-order valence-electron chi connectivity index (χ3n) is 2.43. The van der Waals surface area contributed by atoms with Crippen LogP contribution in [0.2, 0.25) is 0 Å². The van der Waals surface area contributed by atoms with Crippen LogP contribution in [0.4, 0.5) is 5.69 Å². The second kappa shape index (κ2) is 7.36. The summed E-state index contributed by atoms with van der Waals surface area (Å²) < 4.78 is 0. The Morgan fingerprint density at radius 3 is 2.68 bits per heavy atom. The molecule has 4 nitrogen and oxygen atoms in total. The number of nitrogens with one attached hydrogen (secondary N) is 1. The van der Waals surface area contributed by atoms with Gasteiger partial charge in [0.1, 0.15) is 0 Å². The van der Waals surface area contributed by atoms with E-state index in [2.05, 4.69) is 5.32 Å². The van der Waals surface area contributed by atoms with Crippen molar-refractivity contribution in [2.75, 3.05) is 19.4 Å². The second-order valence-electron chi connectivity index (χ2n) is 4.52. The van der Waals surface area contributed by atoms with E-state index < -0.39 is 0 Å². The number of amides is 1. The van der Waals surface area contributed by atoms with Crippen molar-refractivity contribution in [2.45, 2.75) is 19.8 Å². The van der Waals surface area contributed by atoms with Crippen molar-refractivity contribution in [1.82, 2.24) is 4.90 Å². The van der Waals surface area contributed by atoms with Crippen molar-refractivity contribution >= 4 is 17.4 Å². The van der Waals surface area contributed by atoms with E-state index in [1.807, 2.05) is 21.0 Å². The summed E-state index contributed by atoms with van der Waals surface area (Å²) >= 11 is 0. The zero-order valence-corrected chi connectivity index (χ0v) is 11.6. The van der Waals surface area contributed by atoms with Gasteiger partial charge in [-0.2, -0.15) is 0 Å². The number of hydrogen-bond acceptors (Lipinski definition) is 3. The summed E-state index contributed by atoms with van der Waals surface area (Å²) in [6.07, 6.45) is 4.49. The molecule has 19 heavy (non-hydrogen) atoms. The second-order valence-corrected chi connectivity index (χ2v) is 4.52. The largest absolute Gasteiger partial charge is 0.383 e. The molecule has 0 heterocycles. The highest BCUT2D eigenvalue weighted by atomic mass is 16.1. The maximum Gasteiger partial charge on any atom is 0.224 e. The molecule has 1 aromatic carbocycles. The molecule has 0 aliphatic carbocycles. The SMILES string of the molecule is CCCC(=O)Nc1cccc(C(=O)/C=C/N(C)C)c1. The quantitative estimate of drug-likeness (QED) is 0.632. The van der Waals surface area contributed by atoms with Gasteiger partial charge in [0.25, 0.3) is 0 Å². The number of carbonyl (C=O) groups excluding carboxylic acids is 2. The van der Waals surface area contributed by atoms with Crippen LogP contribution in [0.3, 0.4) is 0 Å². The highest BCUT2D eigenvalue weighted by Crippen LogP contribution is 2.12. The fourth-order valence-electron chi connectivity index (χ4n) is 1.51. The molecule has 0 fully saturated rings. The molecule has 0 saturated heterocycles. The van der Waals surface area contributed by atoms with E-state index in [1.54, 1.807) is 35.4 Å². The highest BCUT2D eigenvalue weighted by Gasteiger charge is 2.05. The van der Waals surface area contributed by atoms with Gasteiger partial charge in [-0.3, -0.25) is 9.59 Å². The molecule has 102 valence electrons. The normalized spacial score (nSPS) is 10.5. The van der Waals surface area contributed by atoms with E-state index in [4.69, 9.17) is 0 Å². The Balaban J connectivity index is 2.76. The standard InChI is InChI=1S/C15H20N2O2/c1-4-6-15(19)16-13-8-5-7-12(11-13)14(18)9-10-17(2)3/h5,7-11H,4,6H2,1-3H3,(H,16,19)/b10-9+. The van der Waals surface area contributed by atoms with Crippen molar-refractivity contribution in [2.24, 2.45) is 0 Å². The first kappa shape index (κ1) is 15.0. The zero-order valence-electron chi connectivity index (χ0n) is 11.6. The number of anilines is 1. The first-order chi connectivity index (χ1) is 9.02. The Bertz CT molecular complexity index is 479. The van der Waals surface area contributed by atoms with Crippen molar-refractivity contribution in [1.29, 1.82) is 0 Å². The van der Waals surface area contributed by atoms with Crippen LogP contribution in [0.25, 0.3) is 0 Å². The van der Waals surface area contributed by atoms with Gasteiger partial charge < -0.3 is 10.2 Å². The number of ketones is 1. The van der Waals surface area contributed by atoms with Gasteiger partial charge in [-0.1, -0.05) is 19.1 Å². The fourth-order valence-corrected chi connectivity index (χ4v) is 1.51. The molecule has 1 aromatic rings. The van der Waals surface area contributed by atoms with E-state index in [1.165, 1.54) is 6.08 Å². The minimum Gasteiger partial charge on any atom is -0.383 e. The molecule has 0 atom stereocenters. The Morgan fingerprint density at radius 2 is 2.05 bits per heavy atom. The number of hydrogen-bond donors (Lipinski definition) is 1. The van der Waals surface area contributed by atoms with E-state index in [0.29, 0.717) is 17.7 Å². The number of allylic oxidation sites excluding steroid dienone is 1. The molecule has 0 aromatic heterocycles. The highest BCUT2D eigenvalue weighted by molar-refractivity contribution is 6.05. The van der Waals surface area contributed by atoms with Crippen LogP contribution in [-0.2, 0) is 4.79 Å². The van der Waals surface area contributed by atoms with Gasteiger partial charge in [0.15, 0.2) is 5.78 Å². The molecule has 4 heteroatoms. The Labute approximate surface area is 114 Å². The van der Waals surface area contributed by atoms with Crippen LogP contribution in [0, 0.1) is 0 Å². The molecule has 0 radical (unpaired) electrons. The van der Waals surface area contributed by atoms with E-state index in [-0.39, 0.29) is 11.7 Å². The summed E-state index contributed by atoms with van der Waals surface area (Å²) in [6, 6.07) is 6.96. The molecule has 1 amide bonds. The lowest BCUT2D eigenvalue weighted by molar-refractivity contribution is -0.116. The first-order valence-electron chi connectivity index (χ1n) is 6.31. The van der Waals surface area contributed by atoms with E-state index in [9.17, 15) is 9.59 Å². The molecule has 0 aliphatic rings. The van der Waals surface area contributed by atoms with Crippen molar-refractivity contribution < 1.29 is 9.59 Å². The lowest BCUT2D eigenvalue weighted by Crippen LogP contribution is -2.11. The number of rotatable bonds is 6. The molecule has 0 bridgehead atoms. The Morgan fingerprint density at radius 1 is 1.32 bits per heavy atom. The molecule has 0 saturated carbocycles. The lowest BCUT2D eigenvalue weighted by atomic mass is 10.1. The van der Waals surface area contributed by atoms with Gasteiger partial charge in [0, 0.05) is 44.0 Å². The van der Waals surface area contributed by atoms with Crippen molar-refractivity contribution in [3.05, 3.63) is 42.1 Å². The summed E-state index contributed by atoms with van der Waals surface area (Å²) in [5, 5.41) is 2.78. The fraction of sp³-hybridized carbons (Fsp3) is 0.333. The van der Waals surface area contributed by atoms with Gasteiger partial charge in [-0.15, -0.1) is 0 Å². The first-order valence-corrected chi connectivity index (χ1v) is 6.31. The maximum absolute atomic E-state index is 11.9. The van der Waals surface area contributed by atoms with Crippen LogP contribution in [0.5, 0.6) is 0 Å². The van der Waals surface area contributed by atoms with Crippen LogP contribution < -0.4 is 5.32 Å². The van der Waals surface area contributed by atoms with Crippen molar-refractivity contribution in [3.63, 3.8) is 0 Å². The summed E-state index contributed by atoms with van der Waals surface area (Å²) in [5.74, 6) is -0.115. The predicted octanol–water partition coefficient (Wildman–Crippen LogP) is 2.68. The number of benzene rings is 1. The van der Waals surface area contributed by atoms with Crippen molar-refractivity contribution in [3.8, 4) is 0 Å². The van der Waals surface area contributed by atoms with Crippen LogP contribution in [-0.4, -0.2) is 30.7 Å². The monoisotopic (exact) mass is 260 g/mol. The maximum atomic E-state index is 11.9. The topological polar surface area (TPSA) is 49.4 Å². The molecule has 0 unspecified atom stereocenters. The molecular formula is C15H20N2O2. The molecule has 0 spiro atoms. The molecular weight excluding hydrogens is 240 g/mol. The van der Waals surface area contributed by atoms with E-state index >= 15 is 0 Å². The van der Waals surface area contributed by atoms with E-state index in [0.717, 1.165) is 6.42 Å². The minimum absolute atomic E-state index is 0.0315. The third kappa shape index (κ3) is 5.38. The summed E-state index contributed by atoms with van der Waals surface area (Å²) in [7, 11) is 3.70. The van der Waals surface area contributed by atoms with Gasteiger partial charge in [-0.25, -0.2) is 0 Å². The Hall–Kier alpha value is -2.10. The molecule has 1 N–H and O–H groups in total. The van der Waals surface area contributed by atoms with Crippen LogP contribution in [0.1, 0.15) is 30.1 Å². The summed E-state index contributed by atoms with van der Waals surface area (Å²) in [5.41, 5.74) is 1.22.